The second kappa shape index (κ2) is 6.93. The zero-order valence-corrected chi connectivity index (χ0v) is 13.9. The first kappa shape index (κ1) is 16.5. The highest BCUT2D eigenvalue weighted by Gasteiger charge is 2.16. The Kier molecular flexibility index (Phi) is 5.20. The molecule has 2 N–H and O–H groups in total. The molecule has 0 saturated carbocycles. The summed E-state index contributed by atoms with van der Waals surface area (Å²) in [6.45, 7) is 5.17. The number of halogens is 1. The standard InChI is InChI=1S/C14H15ClN4O2S/c1-7-4-5-10(6-11(7)15)16-13(21)9(3)22-14-17-12(20)8(2)18-19-14/h4-6,9H,1-3H3,(H,16,21)(H,17,19,20)/t9-/m0/s1. The van der Waals surface area contributed by atoms with Crippen LogP contribution in [-0.4, -0.2) is 26.3 Å². The monoisotopic (exact) mass is 338 g/mol. The summed E-state index contributed by atoms with van der Waals surface area (Å²) in [6.07, 6.45) is 0. The third-order valence-corrected chi connectivity index (χ3v) is 4.32. The molecule has 22 heavy (non-hydrogen) atoms. The van der Waals surface area contributed by atoms with Gasteiger partial charge in [-0.3, -0.25) is 14.6 Å². The van der Waals surface area contributed by atoms with Crippen molar-refractivity contribution >= 4 is 35.0 Å². The molecule has 1 heterocycles. The minimum absolute atomic E-state index is 0.215. The summed E-state index contributed by atoms with van der Waals surface area (Å²) in [5.74, 6) is -0.215. The molecule has 6 nitrogen and oxygen atoms in total. The van der Waals surface area contributed by atoms with Crippen molar-refractivity contribution in [1.82, 2.24) is 15.2 Å². The van der Waals surface area contributed by atoms with Crippen molar-refractivity contribution in [3.8, 4) is 0 Å². The first-order valence-corrected chi connectivity index (χ1v) is 7.80. The Morgan fingerprint density at radius 1 is 1.36 bits per heavy atom. The predicted octanol–water partition coefficient (Wildman–Crippen LogP) is 2.55. The van der Waals surface area contributed by atoms with Crippen LogP contribution in [0.2, 0.25) is 5.02 Å². The average Bonchev–Trinajstić information content (AvgIpc) is 2.46. The summed E-state index contributed by atoms with van der Waals surface area (Å²) in [5.41, 5.74) is 1.54. The van der Waals surface area contributed by atoms with Gasteiger partial charge in [-0.15, -0.1) is 10.2 Å². The molecular weight excluding hydrogens is 324 g/mol. The van der Waals surface area contributed by atoms with Crippen LogP contribution in [0.5, 0.6) is 0 Å². The van der Waals surface area contributed by atoms with Crippen LogP contribution < -0.4 is 10.9 Å². The number of amides is 1. The number of thioether (sulfide) groups is 1. The van der Waals surface area contributed by atoms with Gasteiger partial charge in [0.15, 0.2) is 5.16 Å². The molecule has 0 radical (unpaired) electrons. The van der Waals surface area contributed by atoms with Gasteiger partial charge < -0.3 is 5.32 Å². The van der Waals surface area contributed by atoms with Crippen molar-refractivity contribution in [2.75, 3.05) is 5.32 Å². The highest BCUT2D eigenvalue weighted by atomic mass is 35.5. The van der Waals surface area contributed by atoms with Crippen LogP contribution >= 0.6 is 23.4 Å². The number of carbonyl (C=O) groups is 1. The predicted molar refractivity (Wildman–Crippen MR) is 87.5 cm³/mol. The van der Waals surface area contributed by atoms with Crippen LogP contribution in [0, 0.1) is 13.8 Å². The van der Waals surface area contributed by atoms with Crippen molar-refractivity contribution in [3.63, 3.8) is 0 Å². The molecule has 0 spiro atoms. The highest BCUT2D eigenvalue weighted by molar-refractivity contribution is 8.00. The van der Waals surface area contributed by atoms with E-state index in [1.54, 1.807) is 26.0 Å². The number of carbonyl (C=O) groups excluding carboxylic acids is 1. The Bertz CT molecular complexity index is 763. The lowest BCUT2D eigenvalue weighted by molar-refractivity contribution is -0.115. The Morgan fingerprint density at radius 2 is 2.09 bits per heavy atom. The number of rotatable bonds is 4. The molecule has 0 fully saturated rings. The van der Waals surface area contributed by atoms with Gasteiger partial charge >= 0.3 is 0 Å². The van der Waals surface area contributed by atoms with Gasteiger partial charge in [0.05, 0.1) is 5.25 Å². The van der Waals surface area contributed by atoms with Gasteiger partial charge in [0.25, 0.3) is 5.56 Å². The summed E-state index contributed by atoms with van der Waals surface area (Å²) in [5, 5.41) is 10.8. The second-order valence-corrected chi connectivity index (χ2v) is 6.49. The van der Waals surface area contributed by atoms with Crippen molar-refractivity contribution in [2.45, 2.75) is 31.2 Å². The lowest BCUT2D eigenvalue weighted by Crippen LogP contribution is -2.23. The molecule has 0 aliphatic carbocycles. The number of hydrogen-bond donors (Lipinski definition) is 2. The van der Waals surface area contributed by atoms with Crippen molar-refractivity contribution in [3.05, 3.63) is 44.8 Å². The maximum atomic E-state index is 12.1. The van der Waals surface area contributed by atoms with Gasteiger partial charge in [-0.1, -0.05) is 29.4 Å². The molecule has 1 aromatic carbocycles. The minimum atomic E-state index is -0.451. The number of hydrogen-bond acceptors (Lipinski definition) is 5. The first-order valence-electron chi connectivity index (χ1n) is 6.54. The van der Waals surface area contributed by atoms with Gasteiger partial charge in [-0.05, 0) is 38.5 Å². The molecule has 1 atom stereocenters. The Labute approximate surface area is 136 Å². The van der Waals surface area contributed by atoms with Gasteiger partial charge in [0, 0.05) is 10.7 Å². The molecule has 1 aromatic heterocycles. The minimum Gasteiger partial charge on any atom is -0.325 e. The largest absolute Gasteiger partial charge is 0.325 e. The molecule has 8 heteroatoms. The number of aryl methyl sites for hydroxylation is 2. The number of anilines is 1. The Hall–Kier alpha value is -1.86. The van der Waals surface area contributed by atoms with E-state index in [4.69, 9.17) is 11.6 Å². The van der Waals surface area contributed by atoms with Crippen molar-refractivity contribution < 1.29 is 4.79 Å². The van der Waals surface area contributed by atoms with Gasteiger partial charge in [0.2, 0.25) is 5.91 Å². The van der Waals surface area contributed by atoms with Crippen molar-refractivity contribution in [1.29, 1.82) is 0 Å². The summed E-state index contributed by atoms with van der Waals surface area (Å²) >= 11 is 7.15. The molecule has 2 aromatic rings. The van der Waals surface area contributed by atoms with Crippen LogP contribution in [0.1, 0.15) is 18.2 Å². The lowest BCUT2D eigenvalue weighted by atomic mass is 10.2. The second-order valence-electron chi connectivity index (χ2n) is 4.76. The van der Waals surface area contributed by atoms with Gasteiger partial charge in [-0.2, -0.15) is 0 Å². The highest BCUT2D eigenvalue weighted by Crippen LogP contribution is 2.22. The molecule has 0 aliphatic rings. The topological polar surface area (TPSA) is 87.7 Å². The van der Waals surface area contributed by atoms with E-state index in [0.717, 1.165) is 17.3 Å². The van der Waals surface area contributed by atoms with E-state index in [9.17, 15) is 9.59 Å². The summed E-state index contributed by atoms with van der Waals surface area (Å²) < 4.78 is 0. The van der Waals surface area contributed by atoms with E-state index in [-0.39, 0.29) is 17.2 Å². The number of benzene rings is 1. The quantitative estimate of drug-likeness (QED) is 0.836. The van der Waals surface area contributed by atoms with E-state index >= 15 is 0 Å². The SMILES string of the molecule is Cc1ccc(NC(=O)[C@H](C)Sc2nnc(C)c(=O)[nH]2)cc1Cl. The van der Waals surface area contributed by atoms with E-state index in [2.05, 4.69) is 20.5 Å². The zero-order chi connectivity index (χ0) is 16.3. The van der Waals surface area contributed by atoms with E-state index in [0.29, 0.717) is 15.9 Å². The van der Waals surface area contributed by atoms with E-state index in [1.165, 1.54) is 0 Å². The Balaban J connectivity index is 2.03. The van der Waals surface area contributed by atoms with Crippen LogP contribution in [0.25, 0.3) is 0 Å². The Morgan fingerprint density at radius 3 is 2.73 bits per heavy atom. The number of nitrogens with zero attached hydrogens (tertiary/aromatic N) is 2. The summed E-state index contributed by atoms with van der Waals surface area (Å²) in [7, 11) is 0. The van der Waals surface area contributed by atoms with Crippen LogP contribution in [-0.2, 0) is 4.79 Å². The number of H-pyrrole nitrogens is 1. The molecule has 0 saturated heterocycles. The van der Waals surface area contributed by atoms with Crippen LogP contribution in [0.3, 0.4) is 0 Å². The van der Waals surface area contributed by atoms with E-state index < -0.39 is 5.25 Å². The normalized spacial score (nSPS) is 12.0. The lowest BCUT2D eigenvalue weighted by Gasteiger charge is -2.11. The van der Waals surface area contributed by atoms with Gasteiger partial charge in [-0.25, -0.2) is 0 Å². The van der Waals surface area contributed by atoms with E-state index in [1.807, 2.05) is 13.0 Å². The fourth-order valence-electron chi connectivity index (χ4n) is 1.57. The third kappa shape index (κ3) is 4.08. The first-order chi connectivity index (χ1) is 10.4. The zero-order valence-electron chi connectivity index (χ0n) is 12.3. The number of aromatic amines is 1. The number of nitrogens with one attached hydrogen (secondary N) is 2. The molecule has 0 unspecified atom stereocenters. The summed E-state index contributed by atoms with van der Waals surface area (Å²) in [4.78, 5) is 26.2. The third-order valence-electron chi connectivity index (χ3n) is 2.94. The molecule has 1 amide bonds. The van der Waals surface area contributed by atoms with Crippen LogP contribution in [0.4, 0.5) is 5.69 Å². The molecule has 116 valence electrons. The smallest absolute Gasteiger partial charge is 0.273 e. The molecule has 0 bridgehead atoms. The maximum Gasteiger partial charge on any atom is 0.273 e. The average molecular weight is 339 g/mol. The molecule has 2 rings (SSSR count). The maximum absolute atomic E-state index is 12.1. The summed E-state index contributed by atoms with van der Waals surface area (Å²) in [6, 6.07) is 5.31. The fraction of sp³-hybridized carbons (Fsp3) is 0.286. The number of aromatic nitrogens is 3. The van der Waals surface area contributed by atoms with Gasteiger partial charge in [0.1, 0.15) is 5.69 Å². The molecular formula is C14H15ClN4O2S. The van der Waals surface area contributed by atoms with Crippen molar-refractivity contribution in [2.24, 2.45) is 0 Å². The molecule has 0 aliphatic heterocycles. The fourth-order valence-corrected chi connectivity index (χ4v) is 2.49. The van der Waals surface area contributed by atoms with Crippen LogP contribution in [0.15, 0.2) is 28.2 Å².